The van der Waals surface area contributed by atoms with Crippen LogP contribution in [-0.4, -0.2) is 45.0 Å². The van der Waals surface area contributed by atoms with E-state index in [1.54, 1.807) is 0 Å². The third-order valence-electron chi connectivity index (χ3n) is 4.09. The van der Waals surface area contributed by atoms with Crippen molar-refractivity contribution in [3.8, 4) is 0 Å². The standard InChI is InChI=1S/C15H27N3O/c1-3-8-17-9-5-6-15(19,7-10-17)11-14-12-16-18(4-2)13-14/h12-13,19H,3-11H2,1-2H3. The Morgan fingerprint density at radius 1 is 1.32 bits per heavy atom. The molecule has 2 rings (SSSR count). The van der Waals surface area contributed by atoms with Crippen LogP contribution in [0.2, 0.25) is 0 Å². The topological polar surface area (TPSA) is 41.3 Å². The summed E-state index contributed by atoms with van der Waals surface area (Å²) in [5.41, 5.74) is 0.623. The molecule has 0 aromatic carbocycles. The van der Waals surface area contributed by atoms with Crippen molar-refractivity contribution >= 4 is 0 Å². The van der Waals surface area contributed by atoms with Gasteiger partial charge in [-0.2, -0.15) is 5.10 Å². The molecule has 1 aromatic heterocycles. The first kappa shape index (κ1) is 14.5. The second-order valence-electron chi connectivity index (χ2n) is 5.80. The molecule has 1 unspecified atom stereocenters. The molecule has 1 aliphatic heterocycles. The Bertz CT molecular complexity index is 390. The van der Waals surface area contributed by atoms with E-state index in [-0.39, 0.29) is 0 Å². The molecule has 0 spiro atoms. The number of aliphatic hydroxyl groups is 1. The van der Waals surface area contributed by atoms with Gasteiger partial charge in [-0.25, -0.2) is 0 Å². The van der Waals surface area contributed by atoms with Crippen molar-refractivity contribution in [2.45, 2.75) is 58.1 Å². The fourth-order valence-corrected chi connectivity index (χ4v) is 3.00. The zero-order valence-electron chi connectivity index (χ0n) is 12.3. The van der Waals surface area contributed by atoms with Crippen LogP contribution in [0, 0.1) is 0 Å². The van der Waals surface area contributed by atoms with E-state index in [2.05, 4.69) is 30.0 Å². The van der Waals surface area contributed by atoms with Crippen LogP contribution >= 0.6 is 0 Å². The number of aromatic nitrogens is 2. The molecule has 1 N–H and O–H groups in total. The number of nitrogens with zero attached hydrogens (tertiary/aromatic N) is 3. The molecule has 19 heavy (non-hydrogen) atoms. The number of hydrogen-bond donors (Lipinski definition) is 1. The average Bonchev–Trinajstić information content (AvgIpc) is 2.75. The molecular weight excluding hydrogens is 238 g/mol. The minimum absolute atomic E-state index is 0.538. The Kier molecular flexibility index (Phi) is 4.99. The normalized spacial score (nSPS) is 25.4. The maximum Gasteiger partial charge on any atom is 0.0701 e. The van der Waals surface area contributed by atoms with Crippen LogP contribution in [0.3, 0.4) is 0 Å². The summed E-state index contributed by atoms with van der Waals surface area (Å²) in [7, 11) is 0. The van der Waals surface area contributed by atoms with Crippen LogP contribution in [0.5, 0.6) is 0 Å². The molecule has 4 nitrogen and oxygen atoms in total. The minimum atomic E-state index is -0.538. The molecule has 1 aliphatic rings. The van der Waals surface area contributed by atoms with Gasteiger partial charge in [-0.3, -0.25) is 4.68 Å². The summed E-state index contributed by atoms with van der Waals surface area (Å²) in [4.78, 5) is 2.48. The van der Waals surface area contributed by atoms with Crippen molar-refractivity contribution in [2.24, 2.45) is 0 Å². The lowest BCUT2D eigenvalue weighted by atomic mass is 9.89. The zero-order valence-corrected chi connectivity index (χ0v) is 12.3. The van der Waals surface area contributed by atoms with Crippen LogP contribution in [0.15, 0.2) is 12.4 Å². The van der Waals surface area contributed by atoms with Crippen LogP contribution in [-0.2, 0) is 13.0 Å². The third kappa shape index (κ3) is 4.05. The monoisotopic (exact) mass is 265 g/mol. The number of rotatable bonds is 5. The van der Waals surface area contributed by atoms with Gasteiger partial charge >= 0.3 is 0 Å². The maximum atomic E-state index is 10.8. The van der Waals surface area contributed by atoms with Crippen molar-refractivity contribution in [3.05, 3.63) is 18.0 Å². The quantitative estimate of drug-likeness (QED) is 0.886. The molecule has 0 bridgehead atoms. The van der Waals surface area contributed by atoms with E-state index in [1.165, 1.54) is 6.42 Å². The Hall–Kier alpha value is -0.870. The first-order valence-corrected chi connectivity index (χ1v) is 7.61. The molecule has 108 valence electrons. The summed E-state index contributed by atoms with van der Waals surface area (Å²) in [5.74, 6) is 0. The van der Waals surface area contributed by atoms with Gasteiger partial charge in [0.25, 0.3) is 0 Å². The third-order valence-corrected chi connectivity index (χ3v) is 4.09. The number of hydrogen-bond acceptors (Lipinski definition) is 3. The van der Waals surface area contributed by atoms with Crippen molar-refractivity contribution in [3.63, 3.8) is 0 Å². The van der Waals surface area contributed by atoms with E-state index >= 15 is 0 Å². The molecule has 1 aromatic rings. The first-order chi connectivity index (χ1) is 9.15. The van der Waals surface area contributed by atoms with Crippen molar-refractivity contribution in [1.29, 1.82) is 0 Å². The predicted molar refractivity (Wildman–Crippen MR) is 77.1 cm³/mol. The average molecular weight is 265 g/mol. The van der Waals surface area contributed by atoms with E-state index in [9.17, 15) is 5.11 Å². The zero-order chi connectivity index (χ0) is 13.7. The number of aryl methyl sites for hydroxylation is 1. The molecular formula is C15H27N3O. The fraction of sp³-hybridized carbons (Fsp3) is 0.800. The highest BCUT2D eigenvalue weighted by Crippen LogP contribution is 2.26. The fourth-order valence-electron chi connectivity index (χ4n) is 3.00. The molecule has 4 heteroatoms. The SMILES string of the molecule is CCCN1CCCC(O)(Cc2cnn(CC)c2)CC1. The summed E-state index contributed by atoms with van der Waals surface area (Å²) in [5, 5.41) is 15.1. The van der Waals surface area contributed by atoms with Crippen molar-refractivity contribution < 1.29 is 5.11 Å². The van der Waals surface area contributed by atoms with Gasteiger partial charge < -0.3 is 10.0 Å². The largest absolute Gasteiger partial charge is 0.389 e. The lowest BCUT2D eigenvalue weighted by Gasteiger charge is -2.26. The highest BCUT2D eigenvalue weighted by molar-refractivity contribution is 5.09. The lowest BCUT2D eigenvalue weighted by molar-refractivity contribution is 0.0257. The van der Waals surface area contributed by atoms with Crippen LogP contribution in [0.4, 0.5) is 0 Å². The van der Waals surface area contributed by atoms with Gasteiger partial charge in [-0.05, 0) is 51.3 Å². The van der Waals surface area contributed by atoms with E-state index in [0.29, 0.717) is 0 Å². The van der Waals surface area contributed by atoms with Crippen molar-refractivity contribution in [2.75, 3.05) is 19.6 Å². The summed E-state index contributed by atoms with van der Waals surface area (Å²) in [6.07, 6.45) is 8.78. The van der Waals surface area contributed by atoms with E-state index in [4.69, 9.17) is 0 Å². The minimum Gasteiger partial charge on any atom is -0.389 e. The molecule has 2 heterocycles. The summed E-state index contributed by atoms with van der Waals surface area (Å²) in [6.45, 7) is 8.50. The predicted octanol–water partition coefficient (Wildman–Crippen LogP) is 2.07. The van der Waals surface area contributed by atoms with E-state index in [1.807, 2.05) is 10.9 Å². The first-order valence-electron chi connectivity index (χ1n) is 7.61. The number of likely N-dealkylation sites (tertiary alicyclic amines) is 1. The Morgan fingerprint density at radius 3 is 2.84 bits per heavy atom. The van der Waals surface area contributed by atoms with Gasteiger partial charge in [0.05, 0.1) is 11.8 Å². The van der Waals surface area contributed by atoms with Gasteiger partial charge in [-0.1, -0.05) is 6.92 Å². The highest BCUT2D eigenvalue weighted by atomic mass is 16.3. The van der Waals surface area contributed by atoms with Gasteiger partial charge in [-0.15, -0.1) is 0 Å². The maximum absolute atomic E-state index is 10.8. The summed E-state index contributed by atoms with van der Waals surface area (Å²) in [6, 6.07) is 0. The molecule has 0 amide bonds. The molecule has 0 radical (unpaired) electrons. The van der Waals surface area contributed by atoms with Crippen LogP contribution < -0.4 is 0 Å². The molecule has 0 saturated carbocycles. The Labute approximate surface area is 116 Å². The smallest absolute Gasteiger partial charge is 0.0701 e. The highest BCUT2D eigenvalue weighted by Gasteiger charge is 2.30. The molecule has 1 atom stereocenters. The molecule has 1 saturated heterocycles. The van der Waals surface area contributed by atoms with Gasteiger partial charge in [0, 0.05) is 25.7 Å². The van der Waals surface area contributed by atoms with E-state index in [0.717, 1.165) is 57.4 Å². The van der Waals surface area contributed by atoms with Gasteiger partial charge in [0.1, 0.15) is 0 Å². The molecule has 0 aliphatic carbocycles. The molecule has 1 fully saturated rings. The van der Waals surface area contributed by atoms with Gasteiger partial charge in [0.15, 0.2) is 0 Å². The summed E-state index contributed by atoms with van der Waals surface area (Å²) >= 11 is 0. The Balaban J connectivity index is 1.94. The van der Waals surface area contributed by atoms with Crippen LogP contribution in [0.1, 0.15) is 45.1 Å². The van der Waals surface area contributed by atoms with Gasteiger partial charge in [0.2, 0.25) is 0 Å². The second kappa shape index (κ2) is 6.53. The van der Waals surface area contributed by atoms with E-state index < -0.39 is 5.60 Å². The van der Waals surface area contributed by atoms with Crippen molar-refractivity contribution in [1.82, 2.24) is 14.7 Å². The Morgan fingerprint density at radius 2 is 2.16 bits per heavy atom. The van der Waals surface area contributed by atoms with Crippen LogP contribution in [0.25, 0.3) is 0 Å². The lowest BCUT2D eigenvalue weighted by Crippen LogP contribution is -2.33. The summed E-state index contributed by atoms with van der Waals surface area (Å²) < 4.78 is 1.93. The second-order valence-corrected chi connectivity index (χ2v) is 5.80.